The fourth-order valence-electron chi connectivity index (χ4n) is 2.91. The van der Waals surface area contributed by atoms with Crippen LogP contribution in [0.3, 0.4) is 0 Å². The van der Waals surface area contributed by atoms with E-state index in [4.69, 9.17) is 0 Å². The molecule has 1 spiro atoms. The minimum Gasteiger partial charge on any atom is -0.349 e. The van der Waals surface area contributed by atoms with Crippen LogP contribution in [0, 0.1) is 0 Å². The lowest BCUT2D eigenvalue weighted by Gasteiger charge is -2.34. The number of guanidine groups is 1. The number of H-pyrrole nitrogens is 1. The molecule has 2 N–H and O–H groups in total. The van der Waals surface area contributed by atoms with Crippen LogP contribution < -0.4 is 5.32 Å². The van der Waals surface area contributed by atoms with Gasteiger partial charge in [-0.25, -0.2) is 9.98 Å². The number of aromatic amines is 1. The Kier molecular flexibility index (Phi) is 3.86. The summed E-state index contributed by atoms with van der Waals surface area (Å²) in [4.78, 5) is 25.5. The second-order valence-corrected chi connectivity index (χ2v) is 6.14. The van der Waals surface area contributed by atoms with Gasteiger partial charge in [0.15, 0.2) is 0 Å². The lowest BCUT2D eigenvalue weighted by atomic mass is 9.88. The Morgan fingerprint density at radius 1 is 1.32 bits per heavy atom. The van der Waals surface area contributed by atoms with Gasteiger partial charge in [0.25, 0.3) is 5.91 Å². The van der Waals surface area contributed by atoms with E-state index in [-0.39, 0.29) is 5.91 Å². The highest BCUT2D eigenvalue weighted by Crippen LogP contribution is 2.30. The molecule has 8 heteroatoms. The van der Waals surface area contributed by atoms with Crippen molar-refractivity contribution < 1.29 is 4.79 Å². The second kappa shape index (κ2) is 5.68. The number of hydrogen-bond acceptors (Lipinski definition) is 6. The van der Waals surface area contributed by atoms with E-state index in [0.29, 0.717) is 5.96 Å². The highest BCUT2D eigenvalue weighted by atomic mass is 16.2. The van der Waals surface area contributed by atoms with Gasteiger partial charge in [0.05, 0.1) is 6.54 Å². The maximum Gasteiger partial charge on any atom is 0.254 e. The zero-order valence-corrected chi connectivity index (χ0v) is 13.4. The molecule has 0 aromatic carbocycles. The summed E-state index contributed by atoms with van der Waals surface area (Å²) in [7, 11) is 3.78. The maximum atomic E-state index is 12.3. The molecule has 1 amide bonds. The van der Waals surface area contributed by atoms with Crippen LogP contribution in [0.2, 0.25) is 0 Å². The van der Waals surface area contributed by atoms with Gasteiger partial charge in [-0.2, -0.15) is 5.10 Å². The van der Waals surface area contributed by atoms with E-state index in [1.54, 1.807) is 0 Å². The number of nitrogens with zero attached hydrogens (tertiary/aromatic N) is 5. The number of hydrogen-bond donors (Lipinski definition) is 2. The van der Waals surface area contributed by atoms with Crippen LogP contribution in [-0.2, 0) is 17.8 Å². The fraction of sp³-hybridized carbons (Fsp3) is 0.714. The fourth-order valence-corrected chi connectivity index (χ4v) is 2.91. The molecule has 3 rings (SSSR count). The molecule has 0 atom stereocenters. The number of likely N-dealkylation sites (tertiary alicyclic amines) is 1. The van der Waals surface area contributed by atoms with Gasteiger partial charge in [-0.3, -0.25) is 20.1 Å². The molecule has 2 aliphatic rings. The van der Waals surface area contributed by atoms with Gasteiger partial charge >= 0.3 is 0 Å². The molecule has 3 heterocycles. The summed E-state index contributed by atoms with van der Waals surface area (Å²) in [6.45, 7) is 4.45. The third kappa shape index (κ3) is 2.70. The average molecular weight is 305 g/mol. The SMILES string of the molecule is CCc1n[nH]c(CN2CCC3(CC2)N=C(N(C)C)NC3=O)n1. The largest absolute Gasteiger partial charge is 0.349 e. The van der Waals surface area contributed by atoms with E-state index in [1.165, 1.54) is 0 Å². The van der Waals surface area contributed by atoms with Crippen molar-refractivity contribution in [2.45, 2.75) is 38.3 Å². The van der Waals surface area contributed by atoms with Crippen LogP contribution in [0.15, 0.2) is 4.99 Å². The highest BCUT2D eigenvalue weighted by Gasteiger charge is 2.46. The van der Waals surface area contributed by atoms with Crippen molar-refractivity contribution in [3.8, 4) is 0 Å². The zero-order chi connectivity index (χ0) is 15.7. The molecule has 120 valence electrons. The van der Waals surface area contributed by atoms with Crippen molar-refractivity contribution in [1.29, 1.82) is 0 Å². The van der Waals surface area contributed by atoms with E-state index in [9.17, 15) is 4.79 Å². The number of aryl methyl sites for hydroxylation is 1. The summed E-state index contributed by atoms with van der Waals surface area (Å²) in [5, 5.41) is 10.0. The van der Waals surface area contributed by atoms with E-state index in [1.807, 2.05) is 25.9 Å². The van der Waals surface area contributed by atoms with Crippen molar-refractivity contribution in [1.82, 2.24) is 30.3 Å². The first-order valence-electron chi connectivity index (χ1n) is 7.73. The molecule has 0 bridgehead atoms. The molecule has 1 aromatic rings. The predicted octanol–water partition coefficient (Wildman–Crippen LogP) is -0.251. The highest BCUT2D eigenvalue weighted by molar-refractivity contribution is 6.07. The minimum atomic E-state index is -0.577. The Morgan fingerprint density at radius 3 is 2.59 bits per heavy atom. The molecule has 22 heavy (non-hydrogen) atoms. The smallest absolute Gasteiger partial charge is 0.254 e. The van der Waals surface area contributed by atoms with Crippen LogP contribution in [-0.4, -0.2) is 69.6 Å². The number of carbonyl (C=O) groups excluding carboxylic acids is 1. The van der Waals surface area contributed by atoms with Crippen LogP contribution >= 0.6 is 0 Å². The van der Waals surface area contributed by atoms with E-state index >= 15 is 0 Å². The summed E-state index contributed by atoms with van der Waals surface area (Å²) in [5.41, 5.74) is -0.577. The molecule has 0 unspecified atom stereocenters. The molecule has 1 saturated heterocycles. The Hall–Kier alpha value is -1.96. The normalized spacial score (nSPS) is 21.0. The quantitative estimate of drug-likeness (QED) is 0.804. The van der Waals surface area contributed by atoms with Gasteiger partial charge < -0.3 is 4.90 Å². The number of amides is 1. The third-order valence-corrected chi connectivity index (χ3v) is 4.34. The number of piperidine rings is 1. The average Bonchev–Trinajstić information content (AvgIpc) is 3.07. The molecule has 0 aliphatic carbocycles. The van der Waals surface area contributed by atoms with Crippen LogP contribution in [0.5, 0.6) is 0 Å². The molecule has 1 fully saturated rings. The van der Waals surface area contributed by atoms with Crippen LogP contribution in [0.25, 0.3) is 0 Å². The van der Waals surface area contributed by atoms with Crippen molar-refractivity contribution in [2.75, 3.05) is 27.2 Å². The summed E-state index contributed by atoms with van der Waals surface area (Å²) in [6.07, 6.45) is 2.32. The lowest BCUT2D eigenvalue weighted by Crippen LogP contribution is -2.49. The first-order chi connectivity index (χ1) is 10.5. The van der Waals surface area contributed by atoms with E-state index in [2.05, 4.69) is 30.4 Å². The van der Waals surface area contributed by atoms with Crippen LogP contribution in [0.4, 0.5) is 0 Å². The third-order valence-electron chi connectivity index (χ3n) is 4.34. The lowest BCUT2D eigenvalue weighted by molar-refractivity contribution is -0.125. The summed E-state index contributed by atoms with van der Waals surface area (Å²) < 4.78 is 0. The predicted molar refractivity (Wildman–Crippen MR) is 82.3 cm³/mol. The molecule has 0 radical (unpaired) electrons. The summed E-state index contributed by atoms with van der Waals surface area (Å²) in [5.74, 6) is 2.44. The molecule has 2 aliphatic heterocycles. The number of rotatable bonds is 3. The Morgan fingerprint density at radius 2 is 2.05 bits per heavy atom. The maximum absolute atomic E-state index is 12.3. The molecule has 8 nitrogen and oxygen atoms in total. The van der Waals surface area contributed by atoms with Crippen molar-refractivity contribution in [3.05, 3.63) is 11.6 Å². The molecule has 1 aromatic heterocycles. The van der Waals surface area contributed by atoms with E-state index < -0.39 is 5.54 Å². The Labute approximate surface area is 130 Å². The van der Waals surface area contributed by atoms with Crippen LogP contribution in [0.1, 0.15) is 31.4 Å². The zero-order valence-electron chi connectivity index (χ0n) is 13.4. The summed E-state index contributed by atoms with van der Waals surface area (Å²) >= 11 is 0. The van der Waals surface area contributed by atoms with Gasteiger partial charge in [-0.1, -0.05) is 6.92 Å². The van der Waals surface area contributed by atoms with Crippen molar-refractivity contribution in [2.24, 2.45) is 4.99 Å². The monoisotopic (exact) mass is 305 g/mol. The Bertz CT molecular complexity index is 584. The van der Waals surface area contributed by atoms with Crippen molar-refractivity contribution >= 4 is 11.9 Å². The van der Waals surface area contributed by atoms with Gasteiger partial charge in [0, 0.05) is 33.6 Å². The van der Waals surface area contributed by atoms with Gasteiger partial charge in [0.1, 0.15) is 17.2 Å². The number of nitrogens with one attached hydrogen (secondary N) is 2. The first-order valence-corrected chi connectivity index (χ1v) is 7.73. The van der Waals surface area contributed by atoms with Gasteiger partial charge in [-0.05, 0) is 12.8 Å². The van der Waals surface area contributed by atoms with E-state index in [0.717, 1.165) is 50.5 Å². The second-order valence-electron chi connectivity index (χ2n) is 6.14. The topological polar surface area (TPSA) is 89.5 Å². The van der Waals surface area contributed by atoms with Gasteiger partial charge in [-0.15, -0.1) is 0 Å². The molecular weight excluding hydrogens is 282 g/mol. The summed E-state index contributed by atoms with van der Waals surface area (Å²) in [6, 6.07) is 0. The first kappa shape index (κ1) is 15.0. The molecule has 0 saturated carbocycles. The van der Waals surface area contributed by atoms with Gasteiger partial charge in [0.2, 0.25) is 5.96 Å². The molecular formula is C14H23N7O. The minimum absolute atomic E-state index is 0.0313. The number of carbonyl (C=O) groups is 1. The number of aromatic nitrogens is 3. The van der Waals surface area contributed by atoms with Crippen molar-refractivity contribution in [3.63, 3.8) is 0 Å². The standard InChI is InChI=1S/C14H23N7O/c1-4-10-15-11(19-18-10)9-21-7-5-14(6-8-21)12(22)16-13(17-14)20(2)3/h4-9H2,1-3H3,(H,15,18,19)(H,16,17,22). The Balaban J connectivity index is 1.61. The number of aliphatic imine (C=N–C) groups is 1.